The van der Waals surface area contributed by atoms with Gasteiger partial charge in [-0.05, 0) is 37.1 Å². The maximum Gasteiger partial charge on any atom is 0.270 e. The second kappa shape index (κ2) is 8.36. The van der Waals surface area contributed by atoms with Crippen molar-refractivity contribution >= 4 is 44.0 Å². The van der Waals surface area contributed by atoms with Crippen molar-refractivity contribution in [2.45, 2.75) is 24.2 Å². The van der Waals surface area contributed by atoms with E-state index >= 15 is 0 Å². The van der Waals surface area contributed by atoms with Crippen LogP contribution in [-0.4, -0.2) is 24.5 Å². The quantitative estimate of drug-likeness (QED) is 0.572. The molecule has 2 aromatic carbocycles. The number of aromatic nitrogens is 2. The number of rotatable bonds is 6. The second-order valence-electron chi connectivity index (χ2n) is 6.01. The fraction of sp³-hybridized carbons (Fsp3) is 0.167. The zero-order valence-electron chi connectivity index (χ0n) is 15.0. The van der Waals surface area contributed by atoms with Gasteiger partial charge in [-0.15, -0.1) is 10.2 Å². The Balaban J connectivity index is 1.74. The maximum atomic E-state index is 12.6. The molecule has 0 radical (unpaired) electrons. The summed E-state index contributed by atoms with van der Waals surface area (Å²) >= 11 is 6.75. The lowest BCUT2D eigenvalue weighted by Crippen LogP contribution is -2.27. The second-order valence-corrected chi connectivity index (χ2v) is 9.28. The van der Waals surface area contributed by atoms with Gasteiger partial charge in [-0.3, -0.25) is 10.1 Å². The van der Waals surface area contributed by atoms with Gasteiger partial charge in [0, 0.05) is 6.04 Å². The molecule has 28 heavy (non-hydrogen) atoms. The summed E-state index contributed by atoms with van der Waals surface area (Å²) in [6.07, 6.45) is 0. The first-order chi connectivity index (χ1) is 13.3. The molecule has 0 aliphatic carbocycles. The van der Waals surface area contributed by atoms with E-state index in [0.717, 1.165) is 22.5 Å². The smallest absolute Gasteiger partial charge is 0.270 e. The third-order valence-corrected chi connectivity index (χ3v) is 7.04. The molecule has 0 spiro atoms. The fourth-order valence-electron chi connectivity index (χ4n) is 2.60. The zero-order chi connectivity index (χ0) is 20.3. The number of halogens is 1. The van der Waals surface area contributed by atoms with Gasteiger partial charge in [-0.25, -0.2) is 13.1 Å². The zero-order valence-corrected chi connectivity index (χ0v) is 17.4. The lowest BCUT2D eigenvalue weighted by molar-refractivity contribution is 0.102. The number of hydrogen-bond acceptors (Lipinski definition) is 6. The molecule has 0 saturated heterocycles. The van der Waals surface area contributed by atoms with Crippen molar-refractivity contribution in [1.29, 1.82) is 0 Å². The van der Waals surface area contributed by atoms with Crippen LogP contribution in [0.15, 0.2) is 52.9 Å². The Kier molecular flexibility index (Phi) is 6.09. The summed E-state index contributed by atoms with van der Waals surface area (Å²) in [5.41, 5.74) is 2.10. The molecule has 7 nitrogen and oxygen atoms in total. The molecule has 1 atom stereocenters. The Morgan fingerprint density at radius 1 is 1.11 bits per heavy atom. The van der Waals surface area contributed by atoms with E-state index in [4.69, 9.17) is 11.6 Å². The molecule has 0 aliphatic heterocycles. The number of aryl methyl sites for hydroxylation is 1. The number of carbonyl (C=O) groups excluding carboxylic acids is 1. The van der Waals surface area contributed by atoms with Gasteiger partial charge in [-0.1, -0.05) is 59.3 Å². The van der Waals surface area contributed by atoms with E-state index in [9.17, 15) is 13.2 Å². The third-order valence-electron chi connectivity index (χ3n) is 3.96. The first-order valence-corrected chi connectivity index (χ1v) is 10.9. The lowest BCUT2D eigenvalue weighted by atomic mass is 10.0. The molecule has 3 aromatic rings. The first-order valence-electron chi connectivity index (χ1n) is 8.25. The molecule has 2 N–H and O–H groups in total. The van der Waals surface area contributed by atoms with Crippen LogP contribution in [0.4, 0.5) is 5.13 Å². The van der Waals surface area contributed by atoms with Gasteiger partial charge < -0.3 is 0 Å². The number of hydrogen-bond donors (Lipinski definition) is 2. The summed E-state index contributed by atoms with van der Waals surface area (Å²) < 4.78 is 27.6. The Hall–Kier alpha value is -2.33. The van der Waals surface area contributed by atoms with Gasteiger partial charge >= 0.3 is 0 Å². The molecule has 0 aliphatic rings. The van der Waals surface area contributed by atoms with Crippen LogP contribution in [0, 0.1) is 6.92 Å². The molecule has 10 heteroatoms. The van der Waals surface area contributed by atoms with E-state index in [2.05, 4.69) is 20.2 Å². The largest absolute Gasteiger partial charge is 0.296 e. The SMILES string of the molecule is Cc1ccccc1C(C)NS(=O)(=O)c1nnc(NC(=O)c2ccccc2Cl)s1. The highest BCUT2D eigenvalue weighted by Gasteiger charge is 2.24. The standard InChI is InChI=1S/C18H17ClN4O3S2/c1-11-7-3-4-8-13(11)12(2)23-28(25,26)18-22-21-17(27-18)20-16(24)14-9-5-6-10-15(14)19/h3-10,12,23H,1-2H3,(H,20,21,24). The van der Waals surface area contributed by atoms with Gasteiger partial charge in [0.1, 0.15) is 0 Å². The molecule has 1 aromatic heterocycles. The number of amides is 1. The summed E-state index contributed by atoms with van der Waals surface area (Å²) in [5.74, 6) is -0.494. The molecule has 1 amide bonds. The van der Waals surface area contributed by atoms with E-state index in [1.54, 1.807) is 31.2 Å². The monoisotopic (exact) mass is 436 g/mol. The van der Waals surface area contributed by atoms with Crippen LogP contribution in [0.1, 0.15) is 34.5 Å². The van der Waals surface area contributed by atoms with E-state index in [1.807, 2.05) is 31.2 Å². The first kappa shape index (κ1) is 20.4. The Bertz CT molecular complexity index is 1120. The molecule has 146 valence electrons. The third kappa shape index (κ3) is 4.56. The van der Waals surface area contributed by atoms with Gasteiger partial charge in [0.2, 0.25) is 9.47 Å². The van der Waals surface area contributed by atoms with Crippen molar-refractivity contribution < 1.29 is 13.2 Å². The molecule has 3 rings (SSSR count). The normalized spacial score (nSPS) is 12.5. The molecule has 0 saturated carbocycles. The summed E-state index contributed by atoms with van der Waals surface area (Å²) in [6.45, 7) is 3.66. The minimum Gasteiger partial charge on any atom is -0.296 e. The Morgan fingerprint density at radius 2 is 1.79 bits per heavy atom. The van der Waals surface area contributed by atoms with Crippen LogP contribution in [-0.2, 0) is 10.0 Å². The minimum absolute atomic E-state index is 0.0637. The number of benzene rings is 2. The average Bonchev–Trinajstić information content (AvgIpc) is 3.11. The van der Waals surface area contributed by atoms with Crippen LogP contribution < -0.4 is 10.0 Å². The van der Waals surface area contributed by atoms with Gasteiger partial charge in [0.05, 0.1) is 10.6 Å². The molecule has 0 fully saturated rings. The molecular weight excluding hydrogens is 420 g/mol. The van der Waals surface area contributed by atoms with Crippen molar-refractivity contribution in [3.05, 3.63) is 70.2 Å². The van der Waals surface area contributed by atoms with Gasteiger partial charge in [-0.2, -0.15) is 0 Å². The van der Waals surface area contributed by atoms with E-state index in [1.165, 1.54) is 0 Å². The summed E-state index contributed by atoms with van der Waals surface area (Å²) in [4.78, 5) is 12.3. The fourth-order valence-corrected chi connectivity index (χ4v) is 4.95. The van der Waals surface area contributed by atoms with Crippen molar-refractivity contribution in [3.63, 3.8) is 0 Å². The lowest BCUT2D eigenvalue weighted by Gasteiger charge is -2.15. The van der Waals surface area contributed by atoms with Gasteiger partial charge in [0.15, 0.2) is 0 Å². The van der Waals surface area contributed by atoms with Crippen LogP contribution in [0.25, 0.3) is 0 Å². The topological polar surface area (TPSA) is 101 Å². The number of anilines is 1. The average molecular weight is 437 g/mol. The molecule has 1 heterocycles. The Labute approximate surface area is 171 Å². The van der Waals surface area contributed by atoms with Crippen molar-refractivity contribution in [2.24, 2.45) is 0 Å². The number of sulfonamides is 1. The van der Waals surface area contributed by atoms with Crippen LogP contribution in [0.3, 0.4) is 0 Å². The highest BCUT2D eigenvalue weighted by atomic mass is 35.5. The van der Waals surface area contributed by atoms with Crippen molar-refractivity contribution in [3.8, 4) is 0 Å². The number of carbonyl (C=O) groups is 1. The summed E-state index contributed by atoms with van der Waals surface area (Å²) in [5, 5.41) is 10.3. The van der Waals surface area contributed by atoms with Crippen molar-refractivity contribution in [1.82, 2.24) is 14.9 Å². The predicted molar refractivity (Wildman–Crippen MR) is 109 cm³/mol. The maximum absolute atomic E-state index is 12.6. The van der Waals surface area contributed by atoms with Gasteiger partial charge in [0.25, 0.3) is 15.9 Å². The highest BCUT2D eigenvalue weighted by molar-refractivity contribution is 7.91. The predicted octanol–water partition coefficient (Wildman–Crippen LogP) is 3.79. The molecular formula is C18H17ClN4O3S2. The summed E-state index contributed by atoms with van der Waals surface area (Å²) in [7, 11) is -3.89. The number of nitrogens with zero attached hydrogens (tertiary/aromatic N) is 2. The van der Waals surface area contributed by atoms with Crippen LogP contribution in [0.5, 0.6) is 0 Å². The van der Waals surface area contributed by atoms with E-state index < -0.39 is 22.0 Å². The van der Waals surface area contributed by atoms with Crippen molar-refractivity contribution in [2.75, 3.05) is 5.32 Å². The summed E-state index contributed by atoms with van der Waals surface area (Å²) in [6, 6.07) is 13.6. The van der Waals surface area contributed by atoms with Crippen LogP contribution in [0.2, 0.25) is 5.02 Å². The highest BCUT2D eigenvalue weighted by Crippen LogP contribution is 2.24. The molecule has 1 unspecified atom stereocenters. The minimum atomic E-state index is -3.89. The Morgan fingerprint density at radius 3 is 2.50 bits per heavy atom. The van der Waals surface area contributed by atoms with Crippen LogP contribution >= 0.6 is 22.9 Å². The molecule has 0 bridgehead atoms. The van der Waals surface area contributed by atoms with E-state index in [-0.39, 0.29) is 20.1 Å². The van der Waals surface area contributed by atoms with E-state index in [0.29, 0.717) is 0 Å². The number of nitrogens with one attached hydrogen (secondary N) is 2.